The van der Waals surface area contributed by atoms with Crippen molar-refractivity contribution >= 4 is 44.7 Å². The minimum Gasteiger partial charge on any atom is -0.354 e. The molecule has 0 amide bonds. The molecule has 0 spiro atoms. The Kier molecular flexibility index (Phi) is 4.31. The van der Waals surface area contributed by atoms with Gasteiger partial charge in [0.2, 0.25) is 5.95 Å². The van der Waals surface area contributed by atoms with E-state index in [1.165, 1.54) is 0 Å². The molecular formula is C14H17N5S2. The summed E-state index contributed by atoms with van der Waals surface area (Å²) in [5, 5.41) is 8.50. The lowest BCUT2D eigenvalue weighted by atomic mass is 10.3. The van der Waals surface area contributed by atoms with Crippen molar-refractivity contribution in [3.8, 4) is 0 Å². The van der Waals surface area contributed by atoms with Crippen LogP contribution in [0.15, 0.2) is 22.3 Å². The summed E-state index contributed by atoms with van der Waals surface area (Å²) in [7, 11) is 2.04. The van der Waals surface area contributed by atoms with Crippen LogP contribution in [-0.2, 0) is 6.54 Å². The van der Waals surface area contributed by atoms with Gasteiger partial charge in [0.1, 0.15) is 10.6 Å². The average molecular weight is 319 g/mol. The molecule has 0 radical (unpaired) electrons. The highest BCUT2D eigenvalue weighted by molar-refractivity contribution is 7.16. The molecule has 21 heavy (non-hydrogen) atoms. The maximum Gasteiger partial charge on any atom is 0.226 e. The SMILES string of the molecule is CCCNc1nc(N(C)Cc2cscn2)c2ccsc2n1. The molecule has 0 aliphatic heterocycles. The summed E-state index contributed by atoms with van der Waals surface area (Å²) in [6.45, 7) is 3.76. The molecule has 0 bridgehead atoms. The van der Waals surface area contributed by atoms with Gasteiger partial charge in [-0.15, -0.1) is 22.7 Å². The lowest BCUT2D eigenvalue weighted by molar-refractivity contribution is 0.873. The number of rotatable bonds is 6. The highest BCUT2D eigenvalue weighted by Gasteiger charge is 2.13. The van der Waals surface area contributed by atoms with Crippen molar-refractivity contribution in [2.24, 2.45) is 0 Å². The number of nitrogens with zero attached hydrogens (tertiary/aromatic N) is 4. The van der Waals surface area contributed by atoms with Gasteiger partial charge in [0.15, 0.2) is 0 Å². The first-order valence-electron chi connectivity index (χ1n) is 6.85. The van der Waals surface area contributed by atoms with E-state index in [0.717, 1.165) is 41.2 Å². The van der Waals surface area contributed by atoms with Gasteiger partial charge in [-0.1, -0.05) is 6.92 Å². The van der Waals surface area contributed by atoms with Crippen LogP contribution in [0.25, 0.3) is 10.2 Å². The zero-order chi connectivity index (χ0) is 14.7. The van der Waals surface area contributed by atoms with Crippen LogP contribution in [0.4, 0.5) is 11.8 Å². The Bertz CT molecular complexity index is 707. The maximum absolute atomic E-state index is 4.68. The van der Waals surface area contributed by atoms with Gasteiger partial charge in [-0.3, -0.25) is 0 Å². The average Bonchev–Trinajstić information content (AvgIpc) is 3.14. The van der Waals surface area contributed by atoms with Crippen LogP contribution in [0.3, 0.4) is 0 Å². The van der Waals surface area contributed by atoms with Crippen molar-refractivity contribution in [3.63, 3.8) is 0 Å². The van der Waals surface area contributed by atoms with Crippen molar-refractivity contribution in [1.82, 2.24) is 15.0 Å². The number of hydrogen-bond acceptors (Lipinski definition) is 7. The van der Waals surface area contributed by atoms with Gasteiger partial charge in [0.05, 0.1) is 23.1 Å². The molecule has 0 saturated heterocycles. The number of anilines is 2. The van der Waals surface area contributed by atoms with Crippen LogP contribution in [0.1, 0.15) is 19.0 Å². The summed E-state index contributed by atoms with van der Waals surface area (Å²) in [5.41, 5.74) is 2.92. The second-order valence-electron chi connectivity index (χ2n) is 4.77. The van der Waals surface area contributed by atoms with E-state index >= 15 is 0 Å². The van der Waals surface area contributed by atoms with Gasteiger partial charge in [-0.25, -0.2) is 9.97 Å². The zero-order valence-electron chi connectivity index (χ0n) is 12.0. The molecule has 3 rings (SSSR count). The largest absolute Gasteiger partial charge is 0.354 e. The van der Waals surface area contributed by atoms with E-state index in [9.17, 15) is 0 Å². The number of thiophene rings is 1. The van der Waals surface area contributed by atoms with E-state index in [4.69, 9.17) is 0 Å². The lowest BCUT2D eigenvalue weighted by Crippen LogP contribution is -2.19. The fourth-order valence-corrected chi connectivity index (χ4v) is 3.39. The second-order valence-corrected chi connectivity index (χ2v) is 6.39. The molecule has 0 aliphatic carbocycles. The predicted octanol–water partition coefficient (Wildman–Crippen LogP) is 3.61. The highest BCUT2D eigenvalue weighted by Crippen LogP contribution is 2.29. The summed E-state index contributed by atoms with van der Waals surface area (Å²) in [6, 6.07) is 2.08. The first-order valence-corrected chi connectivity index (χ1v) is 8.67. The number of aromatic nitrogens is 3. The molecule has 7 heteroatoms. The molecule has 110 valence electrons. The van der Waals surface area contributed by atoms with E-state index < -0.39 is 0 Å². The van der Waals surface area contributed by atoms with E-state index in [1.807, 2.05) is 12.6 Å². The summed E-state index contributed by atoms with van der Waals surface area (Å²) in [4.78, 5) is 16.7. The van der Waals surface area contributed by atoms with Crippen LogP contribution in [0.5, 0.6) is 0 Å². The number of fused-ring (bicyclic) bond motifs is 1. The van der Waals surface area contributed by atoms with E-state index in [-0.39, 0.29) is 0 Å². The quantitative estimate of drug-likeness (QED) is 0.752. The van der Waals surface area contributed by atoms with E-state index in [0.29, 0.717) is 5.95 Å². The third-order valence-electron chi connectivity index (χ3n) is 3.08. The summed E-state index contributed by atoms with van der Waals surface area (Å²) >= 11 is 3.26. The van der Waals surface area contributed by atoms with Gasteiger partial charge in [0.25, 0.3) is 0 Å². The Labute approximate surface area is 131 Å². The van der Waals surface area contributed by atoms with Crippen molar-refractivity contribution in [2.45, 2.75) is 19.9 Å². The van der Waals surface area contributed by atoms with Gasteiger partial charge >= 0.3 is 0 Å². The molecular weight excluding hydrogens is 302 g/mol. The van der Waals surface area contributed by atoms with E-state index in [2.05, 4.69) is 48.9 Å². The van der Waals surface area contributed by atoms with Crippen LogP contribution in [0, 0.1) is 0 Å². The number of hydrogen-bond donors (Lipinski definition) is 1. The lowest BCUT2D eigenvalue weighted by Gasteiger charge is -2.18. The van der Waals surface area contributed by atoms with E-state index in [1.54, 1.807) is 22.7 Å². The molecule has 3 aromatic heterocycles. The first-order chi connectivity index (χ1) is 10.3. The van der Waals surface area contributed by atoms with Gasteiger partial charge in [0, 0.05) is 19.0 Å². The third kappa shape index (κ3) is 3.14. The van der Waals surface area contributed by atoms with Crippen LogP contribution in [0.2, 0.25) is 0 Å². The maximum atomic E-state index is 4.68. The standard InChI is InChI=1S/C14H17N5S2/c1-3-5-15-14-17-12(11-4-6-21-13(11)18-14)19(2)7-10-8-20-9-16-10/h4,6,8-9H,3,5,7H2,1-2H3,(H,15,17,18). The Morgan fingerprint density at radius 1 is 1.33 bits per heavy atom. The number of nitrogens with one attached hydrogen (secondary N) is 1. The monoisotopic (exact) mass is 319 g/mol. The Morgan fingerprint density at radius 2 is 2.24 bits per heavy atom. The first kappa shape index (κ1) is 14.2. The summed E-state index contributed by atoms with van der Waals surface area (Å²) in [6.07, 6.45) is 1.05. The van der Waals surface area contributed by atoms with Gasteiger partial charge in [-0.05, 0) is 17.9 Å². The normalized spacial score (nSPS) is 11.0. The second kappa shape index (κ2) is 6.36. The Hall–Kier alpha value is -1.73. The Balaban J connectivity index is 1.93. The van der Waals surface area contributed by atoms with Crippen molar-refractivity contribution < 1.29 is 0 Å². The molecule has 5 nitrogen and oxygen atoms in total. The van der Waals surface area contributed by atoms with Gasteiger partial charge < -0.3 is 10.2 Å². The minimum atomic E-state index is 0.701. The van der Waals surface area contributed by atoms with Crippen LogP contribution < -0.4 is 10.2 Å². The fourth-order valence-electron chi connectivity index (χ4n) is 2.08. The molecule has 1 N–H and O–H groups in total. The molecule has 0 fully saturated rings. The van der Waals surface area contributed by atoms with Gasteiger partial charge in [-0.2, -0.15) is 4.98 Å². The Morgan fingerprint density at radius 3 is 3.00 bits per heavy atom. The van der Waals surface area contributed by atoms with Crippen molar-refractivity contribution in [3.05, 3.63) is 28.0 Å². The predicted molar refractivity (Wildman–Crippen MR) is 90.4 cm³/mol. The molecule has 0 unspecified atom stereocenters. The summed E-state index contributed by atoms with van der Waals surface area (Å²) in [5.74, 6) is 1.65. The fraction of sp³-hybridized carbons (Fsp3) is 0.357. The molecule has 0 aromatic carbocycles. The van der Waals surface area contributed by atoms with Crippen LogP contribution >= 0.6 is 22.7 Å². The summed E-state index contributed by atoms with van der Waals surface area (Å²) < 4.78 is 0. The molecule has 3 aromatic rings. The molecule has 0 saturated carbocycles. The van der Waals surface area contributed by atoms with Crippen molar-refractivity contribution in [1.29, 1.82) is 0 Å². The van der Waals surface area contributed by atoms with Crippen LogP contribution in [-0.4, -0.2) is 28.5 Å². The zero-order valence-corrected chi connectivity index (χ0v) is 13.7. The topological polar surface area (TPSA) is 53.9 Å². The smallest absolute Gasteiger partial charge is 0.226 e. The molecule has 0 aliphatic rings. The van der Waals surface area contributed by atoms with Crippen molar-refractivity contribution in [2.75, 3.05) is 23.8 Å². The molecule has 0 atom stereocenters. The highest BCUT2D eigenvalue weighted by atomic mass is 32.1. The third-order valence-corrected chi connectivity index (χ3v) is 4.52. The molecule has 3 heterocycles. The number of thiazole rings is 1. The minimum absolute atomic E-state index is 0.701.